The van der Waals surface area contributed by atoms with Crippen LogP contribution in [0.4, 0.5) is 0 Å². The van der Waals surface area contributed by atoms with Crippen molar-refractivity contribution >= 4 is 17.1 Å². The number of fused-ring (bicyclic) bond motifs is 1. The number of aromatic nitrogens is 1. The van der Waals surface area contributed by atoms with Gasteiger partial charge in [-0.1, -0.05) is 48.0 Å². The van der Waals surface area contributed by atoms with Crippen LogP contribution < -0.4 is 0 Å². The van der Waals surface area contributed by atoms with Crippen LogP contribution >= 0.6 is 0 Å². The Balaban J connectivity index is 2.41. The van der Waals surface area contributed by atoms with Crippen molar-refractivity contribution in [3.63, 3.8) is 0 Å². The molecule has 0 spiro atoms. The fourth-order valence-electron chi connectivity index (χ4n) is 3.00. The molecule has 1 N–H and O–H groups in total. The molecule has 3 aromatic rings. The molecule has 2 heteroatoms. The molecule has 0 aliphatic rings. The molecular formula is C19H20N2. The fourth-order valence-corrected chi connectivity index (χ4v) is 3.00. The van der Waals surface area contributed by atoms with Gasteiger partial charge in [-0.3, -0.25) is 0 Å². The molecule has 0 aliphatic heterocycles. The first-order valence-corrected chi connectivity index (χ1v) is 7.34. The Morgan fingerprint density at radius 3 is 2.29 bits per heavy atom. The average molecular weight is 276 g/mol. The standard InChI is InChI=1S/C19H20N2/c1-13(2)21-17-7-5-4-6-16(17)19(18(21)12-20)15-10-8-14(3)9-11-15/h4-13,20H,1-3H3. The minimum atomic E-state index is 0.325. The van der Waals surface area contributed by atoms with Gasteiger partial charge in [-0.2, -0.15) is 0 Å². The summed E-state index contributed by atoms with van der Waals surface area (Å²) in [4.78, 5) is 0. The second-order valence-corrected chi connectivity index (χ2v) is 5.75. The first-order chi connectivity index (χ1) is 10.1. The Labute approximate surface area is 125 Å². The third-order valence-electron chi connectivity index (χ3n) is 3.94. The van der Waals surface area contributed by atoms with E-state index < -0.39 is 0 Å². The molecule has 2 aromatic carbocycles. The lowest BCUT2D eigenvalue weighted by molar-refractivity contribution is 0.620. The summed E-state index contributed by atoms with van der Waals surface area (Å²) < 4.78 is 2.25. The summed E-state index contributed by atoms with van der Waals surface area (Å²) in [5.74, 6) is 0. The predicted molar refractivity (Wildman–Crippen MR) is 90.4 cm³/mol. The van der Waals surface area contributed by atoms with Crippen LogP contribution in [0.2, 0.25) is 0 Å². The summed E-state index contributed by atoms with van der Waals surface area (Å²) in [5, 5.41) is 9.11. The van der Waals surface area contributed by atoms with Gasteiger partial charge >= 0.3 is 0 Å². The van der Waals surface area contributed by atoms with E-state index in [1.54, 1.807) is 0 Å². The van der Waals surface area contributed by atoms with Crippen molar-refractivity contribution < 1.29 is 0 Å². The Kier molecular flexibility index (Phi) is 3.38. The number of hydrogen-bond acceptors (Lipinski definition) is 1. The Morgan fingerprint density at radius 2 is 1.67 bits per heavy atom. The van der Waals surface area contributed by atoms with E-state index in [0.717, 1.165) is 11.3 Å². The Hall–Kier alpha value is -2.35. The van der Waals surface area contributed by atoms with Gasteiger partial charge in [-0.05, 0) is 32.4 Å². The average Bonchev–Trinajstić information content (AvgIpc) is 2.82. The van der Waals surface area contributed by atoms with E-state index in [-0.39, 0.29) is 0 Å². The molecule has 0 unspecified atom stereocenters. The highest BCUT2D eigenvalue weighted by molar-refractivity contribution is 6.05. The maximum Gasteiger partial charge on any atom is 0.0678 e. The van der Waals surface area contributed by atoms with Crippen LogP contribution in [0, 0.1) is 12.3 Å². The van der Waals surface area contributed by atoms with Crippen molar-refractivity contribution in [2.24, 2.45) is 0 Å². The summed E-state index contributed by atoms with van der Waals surface area (Å²) >= 11 is 0. The Morgan fingerprint density at radius 1 is 1.00 bits per heavy atom. The second-order valence-electron chi connectivity index (χ2n) is 5.75. The van der Waals surface area contributed by atoms with Crippen LogP contribution in [-0.4, -0.2) is 10.8 Å². The molecule has 0 aliphatic carbocycles. The topological polar surface area (TPSA) is 28.8 Å². The molecule has 2 nitrogen and oxygen atoms in total. The number of benzene rings is 2. The van der Waals surface area contributed by atoms with Crippen LogP contribution in [0.15, 0.2) is 48.5 Å². The third-order valence-corrected chi connectivity index (χ3v) is 3.94. The number of nitrogens with one attached hydrogen (secondary N) is 1. The van der Waals surface area contributed by atoms with E-state index in [1.807, 2.05) is 0 Å². The van der Waals surface area contributed by atoms with Crippen LogP contribution in [0.3, 0.4) is 0 Å². The largest absolute Gasteiger partial charge is 0.337 e. The summed E-state index contributed by atoms with van der Waals surface area (Å²) in [5.41, 5.74) is 5.77. The normalized spacial score (nSPS) is 11.2. The first kappa shape index (κ1) is 13.6. The number of aryl methyl sites for hydroxylation is 1. The molecule has 0 saturated heterocycles. The van der Waals surface area contributed by atoms with Crippen LogP contribution in [-0.2, 0) is 0 Å². The van der Waals surface area contributed by atoms with Gasteiger partial charge in [0.25, 0.3) is 0 Å². The zero-order valence-electron chi connectivity index (χ0n) is 12.7. The maximum absolute atomic E-state index is 7.90. The van der Waals surface area contributed by atoms with Gasteiger partial charge in [0.15, 0.2) is 0 Å². The zero-order valence-corrected chi connectivity index (χ0v) is 12.7. The number of para-hydroxylation sites is 1. The molecular weight excluding hydrogens is 256 g/mol. The number of nitrogens with zero attached hydrogens (tertiary/aromatic N) is 1. The smallest absolute Gasteiger partial charge is 0.0678 e. The second kappa shape index (κ2) is 5.21. The highest BCUT2D eigenvalue weighted by Crippen LogP contribution is 2.36. The van der Waals surface area contributed by atoms with Gasteiger partial charge in [0.2, 0.25) is 0 Å². The van der Waals surface area contributed by atoms with E-state index in [1.165, 1.54) is 28.2 Å². The highest BCUT2D eigenvalue weighted by Gasteiger charge is 2.18. The maximum atomic E-state index is 7.90. The van der Waals surface area contributed by atoms with Gasteiger partial charge in [-0.25, -0.2) is 0 Å². The summed E-state index contributed by atoms with van der Waals surface area (Å²) in [6.07, 6.45) is 1.48. The molecule has 0 amide bonds. The van der Waals surface area contributed by atoms with E-state index in [2.05, 4.69) is 73.9 Å². The third kappa shape index (κ3) is 2.17. The highest BCUT2D eigenvalue weighted by atomic mass is 15.0. The quantitative estimate of drug-likeness (QED) is 0.637. The number of hydrogen-bond donors (Lipinski definition) is 1. The summed E-state index contributed by atoms with van der Waals surface area (Å²) in [7, 11) is 0. The van der Waals surface area contributed by atoms with E-state index >= 15 is 0 Å². The SMILES string of the molecule is Cc1ccc(-c2c(C=N)n(C(C)C)c3ccccc23)cc1. The monoisotopic (exact) mass is 276 g/mol. The van der Waals surface area contributed by atoms with Crippen molar-refractivity contribution in [1.82, 2.24) is 4.57 Å². The van der Waals surface area contributed by atoms with Crippen LogP contribution in [0.5, 0.6) is 0 Å². The van der Waals surface area contributed by atoms with E-state index in [9.17, 15) is 0 Å². The van der Waals surface area contributed by atoms with Gasteiger partial charge in [0.1, 0.15) is 0 Å². The van der Waals surface area contributed by atoms with Crippen molar-refractivity contribution in [2.45, 2.75) is 26.8 Å². The minimum absolute atomic E-state index is 0.325. The first-order valence-electron chi connectivity index (χ1n) is 7.34. The summed E-state index contributed by atoms with van der Waals surface area (Å²) in [6.45, 7) is 6.43. The molecule has 3 rings (SSSR count). The summed E-state index contributed by atoms with van der Waals surface area (Å²) in [6, 6.07) is 17.3. The lowest BCUT2D eigenvalue weighted by atomic mass is 10.0. The molecule has 1 aromatic heterocycles. The molecule has 1 heterocycles. The Bertz CT molecular complexity index is 792. The molecule has 0 radical (unpaired) electrons. The molecule has 106 valence electrons. The van der Waals surface area contributed by atoms with Gasteiger partial charge in [-0.15, -0.1) is 0 Å². The molecule has 0 saturated carbocycles. The van der Waals surface area contributed by atoms with Crippen LogP contribution in [0.25, 0.3) is 22.0 Å². The molecule has 21 heavy (non-hydrogen) atoms. The lowest BCUT2D eigenvalue weighted by Gasteiger charge is -2.12. The van der Waals surface area contributed by atoms with E-state index in [0.29, 0.717) is 6.04 Å². The van der Waals surface area contributed by atoms with Gasteiger partial charge in [0.05, 0.1) is 5.69 Å². The fraction of sp³-hybridized carbons (Fsp3) is 0.211. The molecule has 0 atom stereocenters. The van der Waals surface area contributed by atoms with Crippen molar-refractivity contribution in [2.75, 3.05) is 0 Å². The molecule has 0 fully saturated rings. The van der Waals surface area contributed by atoms with Crippen molar-refractivity contribution in [3.8, 4) is 11.1 Å². The predicted octanol–water partition coefficient (Wildman–Crippen LogP) is 5.20. The number of rotatable bonds is 3. The van der Waals surface area contributed by atoms with Gasteiger partial charge in [0, 0.05) is 28.7 Å². The van der Waals surface area contributed by atoms with Crippen molar-refractivity contribution in [1.29, 1.82) is 5.41 Å². The van der Waals surface area contributed by atoms with Crippen molar-refractivity contribution in [3.05, 3.63) is 59.8 Å². The lowest BCUT2D eigenvalue weighted by Crippen LogP contribution is -2.05. The zero-order chi connectivity index (χ0) is 15.0. The van der Waals surface area contributed by atoms with Gasteiger partial charge < -0.3 is 9.98 Å². The van der Waals surface area contributed by atoms with Crippen LogP contribution in [0.1, 0.15) is 31.1 Å². The minimum Gasteiger partial charge on any atom is -0.337 e. The molecule has 0 bridgehead atoms. The van der Waals surface area contributed by atoms with E-state index in [4.69, 9.17) is 5.41 Å².